The average Bonchev–Trinajstić information content (AvgIpc) is 2.88. The van der Waals surface area contributed by atoms with E-state index in [1.54, 1.807) is 12.1 Å². The second kappa shape index (κ2) is 4.31. The summed E-state index contributed by atoms with van der Waals surface area (Å²) in [5.41, 5.74) is 0.929. The first-order chi connectivity index (χ1) is 8.74. The van der Waals surface area contributed by atoms with Crippen molar-refractivity contribution in [3.63, 3.8) is 0 Å². The van der Waals surface area contributed by atoms with Gasteiger partial charge in [-0.1, -0.05) is 36.4 Å². The summed E-state index contributed by atoms with van der Waals surface area (Å²) in [6, 6.07) is 17.4. The van der Waals surface area contributed by atoms with Crippen molar-refractivity contribution < 1.29 is 9.21 Å². The van der Waals surface area contributed by atoms with Gasteiger partial charge in [0.05, 0.1) is 0 Å². The monoisotopic (exact) mass is 256 g/mol. The molecule has 1 heterocycles. The van der Waals surface area contributed by atoms with Gasteiger partial charge in [0.15, 0.2) is 5.76 Å². The molecule has 3 rings (SSSR count). The molecule has 0 fully saturated rings. The minimum Gasteiger partial charge on any atom is -0.452 e. The van der Waals surface area contributed by atoms with Crippen molar-refractivity contribution in [1.82, 2.24) is 0 Å². The molecule has 2 nitrogen and oxygen atoms in total. The van der Waals surface area contributed by atoms with Crippen molar-refractivity contribution in [2.24, 2.45) is 0 Å². The Hall–Kier alpha value is -2.06. The fourth-order valence-electron chi connectivity index (χ4n) is 1.94. The number of fused-ring (bicyclic) bond motifs is 1. The molecule has 0 N–H and O–H groups in total. The van der Waals surface area contributed by atoms with Gasteiger partial charge in [-0.15, -0.1) is 0 Å². The van der Waals surface area contributed by atoms with Crippen molar-refractivity contribution in [2.45, 2.75) is 0 Å². The Kier molecular flexibility index (Phi) is 2.65. The molecule has 0 unspecified atom stereocenters. The van der Waals surface area contributed by atoms with E-state index in [4.69, 9.17) is 16.0 Å². The maximum atomic E-state index is 11.0. The molecule has 0 aliphatic rings. The molecular weight excluding hydrogens is 248 g/mol. The van der Waals surface area contributed by atoms with Crippen molar-refractivity contribution >= 4 is 27.6 Å². The Balaban J connectivity index is 2.10. The number of furan rings is 1. The predicted octanol–water partition coefficient (Wildman–Crippen LogP) is 4.48. The highest BCUT2D eigenvalue weighted by Crippen LogP contribution is 2.26. The molecule has 18 heavy (non-hydrogen) atoms. The van der Waals surface area contributed by atoms with Crippen LogP contribution in [0, 0.1) is 0 Å². The third-order valence-corrected chi connectivity index (χ3v) is 3.02. The predicted molar refractivity (Wildman–Crippen MR) is 71.8 cm³/mol. The summed E-state index contributed by atoms with van der Waals surface area (Å²) in [6.07, 6.45) is 0. The maximum absolute atomic E-state index is 11.0. The highest BCUT2D eigenvalue weighted by atomic mass is 35.5. The molecule has 0 radical (unpaired) electrons. The summed E-state index contributed by atoms with van der Waals surface area (Å²) in [7, 11) is 0. The van der Waals surface area contributed by atoms with Gasteiger partial charge in [-0.3, -0.25) is 4.79 Å². The van der Waals surface area contributed by atoms with Crippen LogP contribution >= 0.6 is 11.6 Å². The molecule has 0 saturated heterocycles. The van der Waals surface area contributed by atoms with Crippen LogP contribution in [-0.4, -0.2) is 5.24 Å². The van der Waals surface area contributed by atoms with Gasteiger partial charge in [-0.25, -0.2) is 0 Å². The first-order valence-electron chi connectivity index (χ1n) is 5.53. The molecule has 0 saturated carbocycles. The Labute approximate surface area is 109 Å². The standard InChI is InChI=1S/C15H9ClO2/c16-15(17)14-8-7-13(18-14)12-6-5-10-3-1-2-4-11(10)9-12/h1-9H. The number of carbonyl (C=O) groups is 1. The smallest absolute Gasteiger partial charge is 0.287 e. The number of hydrogen-bond acceptors (Lipinski definition) is 2. The van der Waals surface area contributed by atoms with Gasteiger partial charge < -0.3 is 4.42 Å². The molecule has 1 aromatic heterocycles. The van der Waals surface area contributed by atoms with Gasteiger partial charge in [-0.2, -0.15) is 0 Å². The molecule has 0 aliphatic heterocycles. The van der Waals surface area contributed by atoms with E-state index >= 15 is 0 Å². The van der Waals surface area contributed by atoms with Gasteiger partial charge in [0.2, 0.25) is 0 Å². The Morgan fingerprint density at radius 3 is 2.44 bits per heavy atom. The molecule has 0 spiro atoms. The summed E-state index contributed by atoms with van der Waals surface area (Å²) in [6.45, 7) is 0. The molecular formula is C15H9ClO2. The van der Waals surface area contributed by atoms with Crippen LogP contribution < -0.4 is 0 Å². The lowest BCUT2D eigenvalue weighted by molar-refractivity contribution is 0.105. The minimum absolute atomic E-state index is 0.167. The van der Waals surface area contributed by atoms with E-state index in [0.29, 0.717) is 5.76 Å². The van der Waals surface area contributed by atoms with Crippen LogP contribution in [-0.2, 0) is 0 Å². The van der Waals surface area contributed by atoms with Crippen LogP contribution in [0.15, 0.2) is 59.0 Å². The summed E-state index contributed by atoms with van der Waals surface area (Å²) < 4.78 is 5.40. The Morgan fingerprint density at radius 1 is 0.944 bits per heavy atom. The number of rotatable bonds is 2. The highest BCUT2D eigenvalue weighted by Gasteiger charge is 2.09. The first-order valence-corrected chi connectivity index (χ1v) is 5.91. The van der Waals surface area contributed by atoms with Crippen molar-refractivity contribution in [1.29, 1.82) is 0 Å². The summed E-state index contributed by atoms with van der Waals surface area (Å²) in [5, 5.41) is 1.72. The van der Waals surface area contributed by atoms with E-state index in [1.165, 1.54) is 5.39 Å². The van der Waals surface area contributed by atoms with Gasteiger partial charge >= 0.3 is 0 Å². The third-order valence-electron chi connectivity index (χ3n) is 2.83. The molecule has 2 aromatic carbocycles. The number of halogens is 1. The van der Waals surface area contributed by atoms with Crippen LogP contribution in [0.25, 0.3) is 22.1 Å². The molecule has 3 aromatic rings. The number of hydrogen-bond donors (Lipinski definition) is 0. The lowest BCUT2D eigenvalue weighted by atomic mass is 10.1. The largest absolute Gasteiger partial charge is 0.452 e. The Bertz CT molecular complexity index is 728. The molecule has 0 aliphatic carbocycles. The lowest BCUT2D eigenvalue weighted by Crippen LogP contribution is -1.82. The number of benzene rings is 2. The van der Waals surface area contributed by atoms with E-state index in [0.717, 1.165) is 10.9 Å². The number of carbonyl (C=O) groups excluding carboxylic acids is 1. The minimum atomic E-state index is -0.581. The first kappa shape index (κ1) is 11.1. The summed E-state index contributed by atoms with van der Waals surface area (Å²) in [4.78, 5) is 11.0. The second-order valence-electron chi connectivity index (χ2n) is 4.00. The topological polar surface area (TPSA) is 30.2 Å². The van der Waals surface area contributed by atoms with E-state index in [-0.39, 0.29) is 5.76 Å². The second-order valence-corrected chi connectivity index (χ2v) is 4.34. The fraction of sp³-hybridized carbons (Fsp3) is 0. The average molecular weight is 257 g/mol. The maximum Gasteiger partial charge on any atom is 0.287 e. The van der Waals surface area contributed by atoms with Crippen LogP contribution in [0.3, 0.4) is 0 Å². The van der Waals surface area contributed by atoms with Gasteiger partial charge in [0.1, 0.15) is 5.76 Å². The zero-order valence-corrected chi connectivity index (χ0v) is 10.1. The lowest BCUT2D eigenvalue weighted by Gasteiger charge is -2.00. The van der Waals surface area contributed by atoms with E-state index in [9.17, 15) is 4.79 Å². The normalized spacial score (nSPS) is 10.7. The van der Waals surface area contributed by atoms with Crippen molar-refractivity contribution in [3.8, 4) is 11.3 Å². The van der Waals surface area contributed by atoms with Gasteiger partial charge in [0.25, 0.3) is 5.24 Å². The van der Waals surface area contributed by atoms with Crippen LogP contribution in [0.2, 0.25) is 0 Å². The molecule has 88 valence electrons. The zero-order chi connectivity index (χ0) is 12.5. The molecule has 0 bridgehead atoms. The third kappa shape index (κ3) is 1.91. The van der Waals surface area contributed by atoms with Gasteiger partial charge in [-0.05, 0) is 40.6 Å². The van der Waals surface area contributed by atoms with Crippen molar-refractivity contribution in [2.75, 3.05) is 0 Å². The fourth-order valence-corrected chi connectivity index (χ4v) is 2.04. The summed E-state index contributed by atoms with van der Waals surface area (Å²) >= 11 is 5.37. The van der Waals surface area contributed by atoms with Crippen LogP contribution in [0.5, 0.6) is 0 Å². The zero-order valence-electron chi connectivity index (χ0n) is 9.39. The van der Waals surface area contributed by atoms with Crippen LogP contribution in [0.1, 0.15) is 10.6 Å². The van der Waals surface area contributed by atoms with Crippen molar-refractivity contribution in [3.05, 3.63) is 60.4 Å². The quantitative estimate of drug-likeness (QED) is 0.633. The highest BCUT2D eigenvalue weighted by molar-refractivity contribution is 6.67. The SMILES string of the molecule is O=C(Cl)c1ccc(-c2ccc3ccccc3c2)o1. The van der Waals surface area contributed by atoms with E-state index in [1.807, 2.05) is 36.4 Å². The molecule has 3 heteroatoms. The summed E-state index contributed by atoms with van der Waals surface area (Å²) in [5.74, 6) is 0.810. The van der Waals surface area contributed by atoms with E-state index in [2.05, 4.69) is 6.07 Å². The molecule has 0 atom stereocenters. The van der Waals surface area contributed by atoms with Gasteiger partial charge in [0, 0.05) is 5.56 Å². The van der Waals surface area contributed by atoms with Crippen LogP contribution in [0.4, 0.5) is 0 Å². The Morgan fingerprint density at radius 2 is 1.72 bits per heavy atom. The molecule has 0 amide bonds. The van der Waals surface area contributed by atoms with E-state index < -0.39 is 5.24 Å².